The molecule has 1 saturated heterocycles. The number of halogens is 2. The molecule has 0 saturated carbocycles. The van der Waals surface area contributed by atoms with Crippen molar-refractivity contribution in [3.05, 3.63) is 23.8 Å². The van der Waals surface area contributed by atoms with E-state index in [1.54, 1.807) is 19.2 Å². The molecule has 0 radical (unpaired) electrons. The number of nitrogens with zero attached hydrogens (tertiary/aromatic N) is 1. The van der Waals surface area contributed by atoms with Crippen LogP contribution in [0.5, 0.6) is 0 Å². The number of hydrogen-bond donors (Lipinski definition) is 2. The monoisotopic (exact) mass is 401 g/mol. The molecule has 0 unspecified atom stereocenters. The molecule has 2 rings (SSSR count). The van der Waals surface area contributed by atoms with Gasteiger partial charge in [0.15, 0.2) is 4.84 Å². The maximum atomic E-state index is 12.7. The standard InChI is InChI=1S/C18H25Cl2N3O3/c1-12-5-8-23(9-6-12)15-4-3-13(22-18(25)16(19)20)11-14(15)17(24)21-7-10-26-2/h3-4,11-12,16H,5-10H2,1-2H3,(H,21,24)(H,22,25). The summed E-state index contributed by atoms with van der Waals surface area (Å²) in [6.45, 7) is 4.88. The minimum atomic E-state index is -1.17. The third kappa shape index (κ3) is 5.76. The van der Waals surface area contributed by atoms with Crippen LogP contribution < -0.4 is 15.5 Å². The Morgan fingerprint density at radius 3 is 2.62 bits per heavy atom. The molecular weight excluding hydrogens is 377 g/mol. The zero-order chi connectivity index (χ0) is 19.1. The van der Waals surface area contributed by atoms with Gasteiger partial charge < -0.3 is 20.3 Å². The molecule has 2 N–H and O–H groups in total. The van der Waals surface area contributed by atoms with Gasteiger partial charge in [0, 0.05) is 38.1 Å². The predicted molar refractivity (Wildman–Crippen MR) is 105 cm³/mol. The summed E-state index contributed by atoms with van der Waals surface area (Å²) in [7, 11) is 1.58. The molecule has 1 fully saturated rings. The van der Waals surface area contributed by atoms with Crippen molar-refractivity contribution in [1.29, 1.82) is 0 Å². The fourth-order valence-electron chi connectivity index (χ4n) is 2.88. The summed E-state index contributed by atoms with van der Waals surface area (Å²) in [4.78, 5) is 25.4. The molecule has 1 aliphatic rings. The van der Waals surface area contributed by atoms with Crippen molar-refractivity contribution < 1.29 is 14.3 Å². The molecule has 6 nitrogen and oxygen atoms in total. The van der Waals surface area contributed by atoms with Crippen molar-refractivity contribution in [3.63, 3.8) is 0 Å². The lowest BCUT2D eigenvalue weighted by molar-refractivity contribution is -0.114. The third-order valence-electron chi connectivity index (χ3n) is 4.42. The van der Waals surface area contributed by atoms with Crippen LogP contribution in [0.25, 0.3) is 0 Å². The van der Waals surface area contributed by atoms with Crippen molar-refractivity contribution in [2.45, 2.75) is 24.6 Å². The molecule has 0 bridgehead atoms. The number of anilines is 2. The van der Waals surface area contributed by atoms with Crippen LogP contribution in [0.4, 0.5) is 11.4 Å². The van der Waals surface area contributed by atoms with E-state index >= 15 is 0 Å². The van der Waals surface area contributed by atoms with Gasteiger partial charge in [0.05, 0.1) is 12.2 Å². The molecular formula is C18H25Cl2N3O3. The number of benzene rings is 1. The Labute approximate surface area is 164 Å². The van der Waals surface area contributed by atoms with Gasteiger partial charge >= 0.3 is 0 Å². The van der Waals surface area contributed by atoms with Crippen molar-refractivity contribution in [1.82, 2.24) is 5.32 Å². The van der Waals surface area contributed by atoms with Crippen molar-refractivity contribution in [2.24, 2.45) is 5.92 Å². The van der Waals surface area contributed by atoms with Gasteiger partial charge in [0.25, 0.3) is 11.8 Å². The zero-order valence-corrected chi connectivity index (χ0v) is 16.6. The van der Waals surface area contributed by atoms with E-state index < -0.39 is 10.7 Å². The SMILES string of the molecule is COCCNC(=O)c1cc(NC(=O)C(Cl)Cl)ccc1N1CCC(C)CC1. The first-order valence-corrected chi connectivity index (χ1v) is 9.54. The molecule has 0 spiro atoms. The van der Waals surface area contributed by atoms with Gasteiger partial charge in [-0.05, 0) is 37.0 Å². The first-order chi connectivity index (χ1) is 12.4. The normalized spacial score (nSPS) is 15.2. The number of hydrogen-bond acceptors (Lipinski definition) is 4. The molecule has 1 aliphatic heterocycles. The number of carbonyl (C=O) groups excluding carboxylic acids is 2. The zero-order valence-electron chi connectivity index (χ0n) is 15.1. The maximum absolute atomic E-state index is 12.7. The average molecular weight is 402 g/mol. The summed E-state index contributed by atoms with van der Waals surface area (Å²) in [6, 6.07) is 5.27. The summed E-state index contributed by atoms with van der Waals surface area (Å²) >= 11 is 11.2. The predicted octanol–water partition coefficient (Wildman–Crippen LogP) is 3.04. The molecule has 8 heteroatoms. The minimum absolute atomic E-state index is 0.208. The van der Waals surface area contributed by atoms with Crippen molar-refractivity contribution in [2.75, 3.05) is 43.6 Å². The molecule has 0 aromatic heterocycles. The van der Waals surface area contributed by atoms with E-state index in [0.29, 0.717) is 30.3 Å². The fourth-order valence-corrected chi connectivity index (χ4v) is 2.99. The second kappa shape index (κ2) is 10.00. The Kier molecular flexibility index (Phi) is 8.00. The summed E-state index contributed by atoms with van der Waals surface area (Å²) in [5.41, 5.74) is 1.85. The Hall–Kier alpha value is -1.50. The first kappa shape index (κ1) is 20.8. The van der Waals surface area contributed by atoms with Gasteiger partial charge in [-0.2, -0.15) is 0 Å². The van der Waals surface area contributed by atoms with E-state index in [2.05, 4.69) is 22.5 Å². The number of rotatable bonds is 7. The van der Waals surface area contributed by atoms with Crippen LogP contribution in [0.3, 0.4) is 0 Å². The van der Waals surface area contributed by atoms with Crippen LogP contribution in [-0.2, 0) is 9.53 Å². The second-order valence-corrected chi connectivity index (χ2v) is 7.54. The fraction of sp³-hybridized carbons (Fsp3) is 0.556. The van der Waals surface area contributed by atoms with Gasteiger partial charge in [0.2, 0.25) is 0 Å². The van der Waals surface area contributed by atoms with Crippen molar-refractivity contribution >= 4 is 46.4 Å². The molecule has 1 aromatic carbocycles. The Bertz CT molecular complexity index is 632. The number of methoxy groups -OCH3 is 1. The van der Waals surface area contributed by atoms with Crippen LogP contribution in [0.2, 0.25) is 0 Å². The summed E-state index contributed by atoms with van der Waals surface area (Å²) in [5.74, 6) is -0.0492. The topological polar surface area (TPSA) is 70.7 Å². The minimum Gasteiger partial charge on any atom is -0.383 e. The Morgan fingerprint density at radius 1 is 1.31 bits per heavy atom. The summed E-state index contributed by atoms with van der Waals surface area (Å²) < 4.78 is 4.98. The van der Waals surface area contributed by atoms with Crippen LogP contribution in [-0.4, -0.2) is 50.0 Å². The molecule has 0 aliphatic carbocycles. The third-order valence-corrected chi connectivity index (χ3v) is 4.82. The highest BCUT2D eigenvalue weighted by Gasteiger charge is 2.22. The Morgan fingerprint density at radius 2 is 2.00 bits per heavy atom. The van der Waals surface area contributed by atoms with Crippen LogP contribution in [0.1, 0.15) is 30.1 Å². The molecule has 2 amide bonds. The van der Waals surface area contributed by atoms with Gasteiger partial charge in [-0.1, -0.05) is 30.1 Å². The largest absolute Gasteiger partial charge is 0.383 e. The first-order valence-electron chi connectivity index (χ1n) is 8.67. The molecule has 26 heavy (non-hydrogen) atoms. The highest BCUT2D eigenvalue weighted by atomic mass is 35.5. The van der Waals surface area contributed by atoms with Gasteiger partial charge in [-0.3, -0.25) is 9.59 Å². The van der Waals surface area contributed by atoms with Gasteiger partial charge in [-0.25, -0.2) is 0 Å². The van der Waals surface area contributed by atoms with Crippen LogP contribution >= 0.6 is 23.2 Å². The lowest BCUT2D eigenvalue weighted by atomic mass is 9.98. The average Bonchev–Trinajstić information content (AvgIpc) is 2.62. The van der Waals surface area contributed by atoms with E-state index in [0.717, 1.165) is 31.6 Å². The van der Waals surface area contributed by atoms with Crippen molar-refractivity contribution in [3.8, 4) is 0 Å². The van der Waals surface area contributed by atoms with E-state index in [1.165, 1.54) is 0 Å². The van der Waals surface area contributed by atoms with Gasteiger partial charge in [-0.15, -0.1) is 0 Å². The summed E-state index contributed by atoms with van der Waals surface area (Å²) in [5, 5.41) is 5.45. The quantitative estimate of drug-likeness (QED) is 0.543. The van der Waals surface area contributed by atoms with Crippen LogP contribution in [0.15, 0.2) is 18.2 Å². The van der Waals surface area contributed by atoms with E-state index in [9.17, 15) is 9.59 Å². The van der Waals surface area contributed by atoms with Gasteiger partial charge in [0.1, 0.15) is 0 Å². The molecule has 0 atom stereocenters. The smallest absolute Gasteiger partial charge is 0.257 e. The second-order valence-electron chi connectivity index (χ2n) is 6.44. The van der Waals surface area contributed by atoms with E-state index in [4.69, 9.17) is 27.9 Å². The number of piperidine rings is 1. The number of nitrogens with one attached hydrogen (secondary N) is 2. The number of ether oxygens (including phenoxy) is 1. The summed E-state index contributed by atoms with van der Waals surface area (Å²) in [6.07, 6.45) is 2.17. The number of carbonyl (C=O) groups is 2. The Balaban J connectivity index is 2.24. The van der Waals surface area contributed by atoms with E-state index in [-0.39, 0.29) is 5.91 Å². The maximum Gasteiger partial charge on any atom is 0.257 e. The molecule has 1 aromatic rings. The number of amides is 2. The van der Waals surface area contributed by atoms with E-state index in [1.807, 2.05) is 6.07 Å². The number of alkyl halides is 2. The lowest BCUT2D eigenvalue weighted by Gasteiger charge is -2.33. The highest BCUT2D eigenvalue weighted by molar-refractivity contribution is 6.54. The molecule has 1 heterocycles. The van der Waals surface area contributed by atoms with Crippen LogP contribution in [0, 0.1) is 5.92 Å². The highest BCUT2D eigenvalue weighted by Crippen LogP contribution is 2.29. The lowest BCUT2D eigenvalue weighted by Crippen LogP contribution is -2.35. The molecule has 144 valence electrons.